The summed E-state index contributed by atoms with van der Waals surface area (Å²) in [6, 6.07) is 8.96. The minimum atomic E-state index is -3.76. The van der Waals surface area contributed by atoms with Gasteiger partial charge in [0.2, 0.25) is 21.1 Å². The van der Waals surface area contributed by atoms with Crippen molar-refractivity contribution < 1.29 is 13.2 Å². The van der Waals surface area contributed by atoms with Gasteiger partial charge >= 0.3 is 0 Å². The number of anilines is 1. The van der Waals surface area contributed by atoms with Gasteiger partial charge in [-0.2, -0.15) is 4.31 Å². The molecule has 0 atom stereocenters. The lowest BCUT2D eigenvalue weighted by Gasteiger charge is -2.17. The lowest BCUT2D eigenvalue weighted by atomic mass is 10.1. The van der Waals surface area contributed by atoms with Gasteiger partial charge < -0.3 is 0 Å². The van der Waals surface area contributed by atoms with Crippen molar-refractivity contribution in [1.82, 2.24) is 14.5 Å². The van der Waals surface area contributed by atoms with Crippen LogP contribution in [0.5, 0.6) is 0 Å². The molecular weight excluding hydrogens is 448 g/mol. The first-order valence-corrected chi connectivity index (χ1v) is 12.7. The molecule has 0 bridgehead atoms. The van der Waals surface area contributed by atoms with Crippen LogP contribution in [0.4, 0.5) is 5.13 Å². The van der Waals surface area contributed by atoms with Gasteiger partial charge in [-0.15, -0.1) is 21.5 Å². The maximum absolute atomic E-state index is 12.7. The van der Waals surface area contributed by atoms with E-state index < -0.39 is 15.9 Å². The summed E-state index contributed by atoms with van der Waals surface area (Å²) in [6.45, 7) is 3.45. The minimum Gasteiger partial charge on any atom is -0.299 e. The Morgan fingerprint density at radius 1 is 1.21 bits per heavy atom. The quantitative estimate of drug-likeness (QED) is 0.400. The zero-order valence-corrected chi connectivity index (χ0v) is 19.3. The number of carbonyl (C=O) groups excluding carboxylic acids is 1. The molecule has 0 saturated heterocycles. The summed E-state index contributed by atoms with van der Waals surface area (Å²) in [7, 11) is -2.38. The van der Waals surface area contributed by atoms with Crippen molar-refractivity contribution in [3.8, 4) is 0 Å². The number of carbonyl (C=O) groups is 1. The Bertz CT molecular complexity index is 1090. The molecule has 11 heteroatoms. The summed E-state index contributed by atoms with van der Waals surface area (Å²) >= 11 is 4.48. The third-order valence-electron chi connectivity index (χ3n) is 4.12. The molecule has 0 spiro atoms. The molecule has 29 heavy (non-hydrogen) atoms. The Kier molecular flexibility index (Phi) is 7.06. The number of nitrogens with one attached hydrogen (secondary N) is 1. The number of hydrogen-bond acceptors (Lipinski definition) is 8. The summed E-state index contributed by atoms with van der Waals surface area (Å²) in [4.78, 5) is 13.7. The molecule has 0 aliphatic rings. The van der Waals surface area contributed by atoms with E-state index in [1.807, 2.05) is 31.4 Å². The number of benzene rings is 1. The Balaban J connectivity index is 1.57. The summed E-state index contributed by atoms with van der Waals surface area (Å²) in [5.41, 5.74) is 1.89. The van der Waals surface area contributed by atoms with E-state index in [0.29, 0.717) is 5.13 Å². The van der Waals surface area contributed by atoms with Gasteiger partial charge in [-0.05, 0) is 48.6 Å². The van der Waals surface area contributed by atoms with E-state index in [-0.39, 0.29) is 11.4 Å². The van der Waals surface area contributed by atoms with Gasteiger partial charge in [0, 0.05) is 17.7 Å². The van der Waals surface area contributed by atoms with E-state index in [9.17, 15) is 13.2 Å². The van der Waals surface area contributed by atoms with Gasteiger partial charge in [-0.25, -0.2) is 8.42 Å². The molecule has 2 heterocycles. The van der Waals surface area contributed by atoms with Crippen LogP contribution in [-0.4, -0.2) is 42.4 Å². The number of aryl methyl sites for hydroxylation is 2. The fourth-order valence-corrected chi connectivity index (χ4v) is 6.10. The molecule has 1 aromatic carbocycles. The largest absolute Gasteiger partial charge is 0.299 e. The van der Waals surface area contributed by atoms with Crippen LogP contribution < -0.4 is 5.32 Å². The SMILES string of the molecule is Cc1ccc(S(=O)(=O)N(C)CC(=O)Nc2nnc(SCc3cccs3)s2)cc1C. The number of rotatable bonds is 8. The van der Waals surface area contributed by atoms with Crippen molar-refractivity contribution in [3.63, 3.8) is 0 Å². The summed E-state index contributed by atoms with van der Waals surface area (Å²) in [6.07, 6.45) is 0. The number of sulfonamides is 1. The molecule has 0 radical (unpaired) electrons. The Morgan fingerprint density at radius 3 is 2.69 bits per heavy atom. The third kappa shape index (κ3) is 5.64. The molecule has 154 valence electrons. The van der Waals surface area contributed by atoms with Crippen molar-refractivity contribution in [1.29, 1.82) is 0 Å². The second kappa shape index (κ2) is 9.35. The van der Waals surface area contributed by atoms with Crippen LogP contribution in [-0.2, 0) is 20.6 Å². The van der Waals surface area contributed by atoms with Crippen molar-refractivity contribution in [2.45, 2.75) is 28.8 Å². The first-order valence-electron chi connectivity index (χ1n) is 8.58. The summed E-state index contributed by atoms with van der Waals surface area (Å²) in [5, 5.41) is 13.0. The topological polar surface area (TPSA) is 92.3 Å². The van der Waals surface area contributed by atoms with Gasteiger partial charge in [0.25, 0.3) is 0 Å². The number of aromatic nitrogens is 2. The Hall–Kier alpha value is -1.79. The highest BCUT2D eigenvalue weighted by atomic mass is 32.2. The van der Waals surface area contributed by atoms with Crippen LogP contribution in [0.1, 0.15) is 16.0 Å². The van der Waals surface area contributed by atoms with Gasteiger partial charge in [-0.3, -0.25) is 10.1 Å². The van der Waals surface area contributed by atoms with E-state index >= 15 is 0 Å². The van der Waals surface area contributed by atoms with Crippen LogP contribution in [0.25, 0.3) is 0 Å². The molecule has 0 aliphatic heterocycles. The maximum atomic E-state index is 12.7. The molecule has 0 fully saturated rings. The van der Waals surface area contributed by atoms with Crippen LogP contribution in [0, 0.1) is 13.8 Å². The lowest BCUT2D eigenvalue weighted by molar-refractivity contribution is -0.116. The number of amides is 1. The first-order chi connectivity index (χ1) is 13.8. The van der Waals surface area contributed by atoms with E-state index in [1.165, 1.54) is 23.3 Å². The molecule has 1 N–H and O–H groups in total. The number of thiophene rings is 1. The van der Waals surface area contributed by atoms with Crippen LogP contribution in [0.2, 0.25) is 0 Å². The fourth-order valence-electron chi connectivity index (χ4n) is 2.35. The Morgan fingerprint density at radius 2 is 2.00 bits per heavy atom. The summed E-state index contributed by atoms with van der Waals surface area (Å²) < 4.78 is 27.2. The zero-order valence-electron chi connectivity index (χ0n) is 16.1. The standard InChI is InChI=1S/C18H20N4O3S4/c1-12-6-7-15(9-13(12)2)29(24,25)22(3)10-16(23)19-17-20-21-18(28-17)27-11-14-5-4-8-26-14/h4-9H,10-11H2,1-3H3,(H,19,20,23). The van der Waals surface area contributed by atoms with E-state index in [0.717, 1.165) is 25.5 Å². The molecule has 0 saturated carbocycles. The minimum absolute atomic E-state index is 0.166. The van der Waals surface area contributed by atoms with Crippen LogP contribution in [0.3, 0.4) is 0 Å². The molecule has 1 amide bonds. The number of nitrogens with zero attached hydrogens (tertiary/aromatic N) is 3. The molecular formula is C18H20N4O3S4. The average Bonchev–Trinajstić information content (AvgIpc) is 3.33. The molecule has 0 aliphatic carbocycles. The molecule has 7 nitrogen and oxygen atoms in total. The van der Waals surface area contributed by atoms with Crippen LogP contribution >= 0.6 is 34.4 Å². The van der Waals surface area contributed by atoms with Crippen molar-refractivity contribution in [2.75, 3.05) is 18.9 Å². The van der Waals surface area contributed by atoms with Crippen molar-refractivity contribution in [2.24, 2.45) is 0 Å². The van der Waals surface area contributed by atoms with Crippen molar-refractivity contribution in [3.05, 3.63) is 51.7 Å². The highest BCUT2D eigenvalue weighted by molar-refractivity contribution is 8.00. The Labute approximate surface area is 182 Å². The van der Waals surface area contributed by atoms with Gasteiger partial charge in [-0.1, -0.05) is 35.2 Å². The second-order valence-electron chi connectivity index (χ2n) is 6.30. The second-order valence-corrected chi connectivity index (χ2v) is 11.6. The number of likely N-dealkylation sites (N-methyl/N-ethyl adjacent to an activating group) is 1. The normalized spacial score (nSPS) is 11.7. The van der Waals surface area contributed by atoms with Crippen molar-refractivity contribution >= 4 is 55.5 Å². The predicted octanol–water partition coefficient (Wildman–Crippen LogP) is 3.77. The number of thioether (sulfide) groups is 1. The van der Waals surface area contributed by atoms with E-state index in [4.69, 9.17) is 0 Å². The fraction of sp³-hybridized carbons (Fsp3) is 0.278. The first kappa shape index (κ1) is 21.9. The summed E-state index contributed by atoms with van der Waals surface area (Å²) in [5.74, 6) is 0.322. The third-order valence-corrected chi connectivity index (χ3v) is 9.00. The highest BCUT2D eigenvalue weighted by Gasteiger charge is 2.23. The van der Waals surface area contributed by atoms with Gasteiger partial charge in [0.1, 0.15) is 0 Å². The molecule has 0 unspecified atom stereocenters. The lowest BCUT2D eigenvalue weighted by Crippen LogP contribution is -2.35. The van der Waals surface area contributed by atoms with Crippen LogP contribution in [0.15, 0.2) is 44.9 Å². The zero-order chi connectivity index (χ0) is 21.0. The average molecular weight is 469 g/mol. The van der Waals surface area contributed by atoms with Gasteiger partial charge in [0.05, 0.1) is 11.4 Å². The van der Waals surface area contributed by atoms with E-state index in [1.54, 1.807) is 41.3 Å². The van der Waals surface area contributed by atoms with Gasteiger partial charge in [0.15, 0.2) is 4.34 Å². The molecule has 2 aromatic heterocycles. The predicted molar refractivity (Wildman–Crippen MR) is 118 cm³/mol. The smallest absolute Gasteiger partial charge is 0.243 e. The number of hydrogen-bond donors (Lipinski definition) is 1. The molecule has 3 rings (SSSR count). The monoisotopic (exact) mass is 468 g/mol. The molecule has 3 aromatic rings. The highest BCUT2D eigenvalue weighted by Crippen LogP contribution is 2.29. The van der Waals surface area contributed by atoms with E-state index in [2.05, 4.69) is 15.5 Å². The maximum Gasteiger partial charge on any atom is 0.243 e.